The highest BCUT2D eigenvalue weighted by atomic mass is 15.2. The maximum atomic E-state index is 4.35. The van der Waals surface area contributed by atoms with Gasteiger partial charge in [0.15, 0.2) is 5.82 Å². The Morgan fingerprint density at radius 2 is 2.21 bits per heavy atom. The zero-order chi connectivity index (χ0) is 13.1. The molecule has 3 heterocycles. The van der Waals surface area contributed by atoms with Crippen LogP contribution in [0.25, 0.3) is 5.65 Å². The molecule has 0 aliphatic carbocycles. The molecule has 0 spiro atoms. The molecule has 1 saturated heterocycles. The number of aromatic nitrogens is 4. The zero-order valence-corrected chi connectivity index (χ0v) is 11.3. The quantitative estimate of drug-likeness (QED) is 0.897. The summed E-state index contributed by atoms with van der Waals surface area (Å²) < 4.78 is 1.88. The van der Waals surface area contributed by atoms with E-state index in [9.17, 15) is 0 Å². The fraction of sp³-hybridized carbons (Fsp3) is 0.615. The lowest BCUT2D eigenvalue weighted by Crippen LogP contribution is -2.35. The van der Waals surface area contributed by atoms with E-state index < -0.39 is 0 Å². The van der Waals surface area contributed by atoms with Crippen LogP contribution < -0.4 is 5.32 Å². The number of anilines is 1. The minimum Gasteiger partial charge on any atom is -0.367 e. The number of hydrogen-bond acceptors (Lipinski definition) is 5. The average molecular weight is 260 g/mol. The molecule has 6 nitrogen and oxygen atoms in total. The highest BCUT2D eigenvalue weighted by Gasteiger charge is 2.18. The van der Waals surface area contributed by atoms with E-state index in [2.05, 4.69) is 32.3 Å². The average Bonchev–Trinajstić information content (AvgIpc) is 2.94. The summed E-state index contributed by atoms with van der Waals surface area (Å²) in [6.07, 6.45) is 7.86. The molecule has 1 N–H and O–H groups in total. The van der Waals surface area contributed by atoms with Gasteiger partial charge in [-0.3, -0.25) is 4.40 Å². The number of nitrogens with zero attached hydrogens (tertiary/aromatic N) is 5. The van der Waals surface area contributed by atoms with Gasteiger partial charge in [0, 0.05) is 18.9 Å². The Kier molecular flexibility index (Phi) is 3.59. The van der Waals surface area contributed by atoms with Gasteiger partial charge in [-0.05, 0) is 38.4 Å². The standard InChI is InChI=1S/C13H20N6/c1-2-18-6-3-11(4-7-18)9-15-12-13-17-16-10-19(13)8-5-14-12/h5,8,10-11H,2-4,6-7,9H2,1H3,(H,14,15). The van der Waals surface area contributed by atoms with Crippen LogP contribution in [0.2, 0.25) is 0 Å². The van der Waals surface area contributed by atoms with Gasteiger partial charge in [-0.15, -0.1) is 10.2 Å². The van der Waals surface area contributed by atoms with Crippen LogP contribution in [-0.4, -0.2) is 50.7 Å². The van der Waals surface area contributed by atoms with Crippen molar-refractivity contribution in [1.29, 1.82) is 0 Å². The molecule has 0 aromatic carbocycles. The van der Waals surface area contributed by atoms with Crippen molar-refractivity contribution in [3.63, 3.8) is 0 Å². The number of rotatable bonds is 4. The first-order valence-corrected chi connectivity index (χ1v) is 6.97. The van der Waals surface area contributed by atoms with Crippen LogP contribution in [0.5, 0.6) is 0 Å². The molecule has 2 aromatic rings. The van der Waals surface area contributed by atoms with Crippen LogP contribution in [0.4, 0.5) is 5.82 Å². The molecule has 6 heteroatoms. The van der Waals surface area contributed by atoms with Crippen molar-refractivity contribution in [3.05, 3.63) is 18.7 Å². The second kappa shape index (κ2) is 5.52. The Morgan fingerprint density at radius 3 is 3.00 bits per heavy atom. The monoisotopic (exact) mass is 260 g/mol. The Balaban J connectivity index is 1.59. The van der Waals surface area contributed by atoms with Gasteiger partial charge >= 0.3 is 0 Å². The Labute approximate surface area is 112 Å². The first kappa shape index (κ1) is 12.3. The van der Waals surface area contributed by atoms with E-state index in [0.717, 1.165) is 23.9 Å². The summed E-state index contributed by atoms with van der Waals surface area (Å²) in [5, 5.41) is 11.4. The van der Waals surface area contributed by atoms with E-state index in [4.69, 9.17) is 0 Å². The van der Waals surface area contributed by atoms with Gasteiger partial charge in [-0.1, -0.05) is 6.92 Å². The van der Waals surface area contributed by atoms with Crippen LogP contribution in [0, 0.1) is 5.92 Å². The van der Waals surface area contributed by atoms with Gasteiger partial charge < -0.3 is 10.2 Å². The number of piperidine rings is 1. The normalized spacial score (nSPS) is 17.9. The fourth-order valence-electron chi connectivity index (χ4n) is 2.63. The van der Waals surface area contributed by atoms with Crippen LogP contribution >= 0.6 is 0 Å². The molecule has 0 amide bonds. The van der Waals surface area contributed by atoms with E-state index in [0.29, 0.717) is 0 Å². The van der Waals surface area contributed by atoms with Gasteiger partial charge in [-0.25, -0.2) is 4.98 Å². The van der Waals surface area contributed by atoms with Gasteiger partial charge in [0.25, 0.3) is 0 Å². The molecule has 1 aliphatic rings. The van der Waals surface area contributed by atoms with Crippen LogP contribution in [0.1, 0.15) is 19.8 Å². The van der Waals surface area contributed by atoms with Crippen molar-refractivity contribution in [2.45, 2.75) is 19.8 Å². The number of hydrogen-bond donors (Lipinski definition) is 1. The molecule has 102 valence electrons. The van der Waals surface area contributed by atoms with Gasteiger partial charge in [-0.2, -0.15) is 0 Å². The molecule has 1 aliphatic heterocycles. The van der Waals surface area contributed by atoms with Crippen molar-refractivity contribution in [3.8, 4) is 0 Å². The van der Waals surface area contributed by atoms with E-state index >= 15 is 0 Å². The van der Waals surface area contributed by atoms with Crippen molar-refractivity contribution in [2.75, 3.05) is 31.5 Å². The van der Waals surface area contributed by atoms with Crippen LogP contribution in [-0.2, 0) is 0 Å². The topological polar surface area (TPSA) is 58.4 Å². The first-order valence-electron chi connectivity index (χ1n) is 6.97. The van der Waals surface area contributed by atoms with E-state index in [1.807, 2.05) is 10.6 Å². The summed E-state index contributed by atoms with van der Waals surface area (Å²) in [5.74, 6) is 1.56. The Bertz CT molecular complexity index is 529. The second-order valence-electron chi connectivity index (χ2n) is 5.10. The van der Waals surface area contributed by atoms with Crippen molar-refractivity contribution in [1.82, 2.24) is 24.5 Å². The molecular formula is C13H20N6. The lowest BCUT2D eigenvalue weighted by molar-refractivity contribution is 0.198. The van der Waals surface area contributed by atoms with Gasteiger partial charge in [0.1, 0.15) is 6.33 Å². The summed E-state index contributed by atoms with van der Waals surface area (Å²) in [4.78, 5) is 6.86. The third-order valence-corrected chi connectivity index (χ3v) is 3.93. The molecule has 0 unspecified atom stereocenters. The first-order chi connectivity index (χ1) is 9.36. The Morgan fingerprint density at radius 1 is 1.37 bits per heavy atom. The molecule has 0 bridgehead atoms. The summed E-state index contributed by atoms with van der Waals surface area (Å²) in [5.41, 5.74) is 0.800. The molecule has 1 fully saturated rings. The van der Waals surface area contributed by atoms with Crippen molar-refractivity contribution < 1.29 is 0 Å². The number of nitrogens with one attached hydrogen (secondary N) is 1. The van der Waals surface area contributed by atoms with E-state index in [-0.39, 0.29) is 0 Å². The molecular weight excluding hydrogens is 240 g/mol. The van der Waals surface area contributed by atoms with Crippen LogP contribution in [0.15, 0.2) is 18.7 Å². The summed E-state index contributed by atoms with van der Waals surface area (Å²) in [7, 11) is 0. The SMILES string of the molecule is CCN1CCC(CNc2nccn3cnnc23)CC1. The van der Waals surface area contributed by atoms with Gasteiger partial charge in [0.05, 0.1) is 0 Å². The fourth-order valence-corrected chi connectivity index (χ4v) is 2.63. The second-order valence-corrected chi connectivity index (χ2v) is 5.10. The predicted molar refractivity (Wildman–Crippen MR) is 74.1 cm³/mol. The summed E-state index contributed by atoms with van der Waals surface area (Å²) in [6.45, 7) is 6.79. The molecule has 3 rings (SSSR count). The minimum absolute atomic E-state index is 0.729. The highest BCUT2D eigenvalue weighted by molar-refractivity contribution is 5.61. The molecule has 0 radical (unpaired) electrons. The van der Waals surface area contributed by atoms with Crippen molar-refractivity contribution in [2.24, 2.45) is 5.92 Å². The minimum atomic E-state index is 0.729. The number of fused-ring (bicyclic) bond motifs is 1. The highest BCUT2D eigenvalue weighted by Crippen LogP contribution is 2.18. The lowest BCUT2D eigenvalue weighted by Gasteiger charge is -2.31. The molecule has 19 heavy (non-hydrogen) atoms. The zero-order valence-electron chi connectivity index (χ0n) is 11.3. The maximum Gasteiger partial charge on any atom is 0.203 e. The summed E-state index contributed by atoms with van der Waals surface area (Å²) in [6, 6.07) is 0. The smallest absolute Gasteiger partial charge is 0.203 e. The predicted octanol–water partition coefficient (Wildman–Crippen LogP) is 1.27. The lowest BCUT2D eigenvalue weighted by atomic mass is 9.97. The summed E-state index contributed by atoms with van der Waals surface area (Å²) >= 11 is 0. The van der Waals surface area contributed by atoms with Crippen molar-refractivity contribution >= 4 is 11.5 Å². The van der Waals surface area contributed by atoms with E-state index in [1.165, 1.54) is 32.5 Å². The third kappa shape index (κ3) is 2.68. The maximum absolute atomic E-state index is 4.35. The van der Waals surface area contributed by atoms with Crippen LogP contribution in [0.3, 0.4) is 0 Å². The molecule has 0 saturated carbocycles. The molecule has 0 atom stereocenters. The molecule has 2 aromatic heterocycles. The van der Waals surface area contributed by atoms with E-state index in [1.54, 1.807) is 12.5 Å². The largest absolute Gasteiger partial charge is 0.367 e. The van der Waals surface area contributed by atoms with Gasteiger partial charge in [0.2, 0.25) is 5.65 Å². The third-order valence-electron chi connectivity index (χ3n) is 3.93. The number of likely N-dealkylation sites (tertiary alicyclic amines) is 1. The Hall–Kier alpha value is -1.69.